The zero-order valence-corrected chi connectivity index (χ0v) is 8.80. The number of rotatable bonds is 6. The minimum absolute atomic E-state index is 0.0782. The van der Waals surface area contributed by atoms with E-state index in [1.54, 1.807) is 11.8 Å². The smallest absolute Gasteiger partial charge is 0.159 e. The maximum absolute atomic E-state index is 10.8. The molecule has 1 N–H and O–H groups in total. The first-order valence-electron chi connectivity index (χ1n) is 4.57. The van der Waals surface area contributed by atoms with E-state index in [-0.39, 0.29) is 12.4 Å². The highest BCUT2D eigenvalue weighted by atomic mass is 32.2. The molecule has 14 heavy (non-hydrogen) atoms. The summed E-state index contributed by atoms with van der Waals surface area (Å²) in [6.45, 7) is -0.327. The molecule has 0 saturated heterocycles. The third-order valence-corrected chi connectivity index (χ3v) is 2.84. The Morgan fingerprint density at radius 1 is 1.29 bits per heavy atom. The van der Waals surface area contributed by atoms with Crippen LogP contribution in [-0.2, 0) is 10.5 Å². The average Bonchev–Trinajstić information content (AvgIpc) is 2.25. The zero-order chi connectivity index (χ0) is 10.2. The number of carbonyl (C=O) groups excluding carboxylic acids is 1. The van der Waals surface area contributed by atoms with Gasteiger partial charge in [0.1, 0.15) is 6.61 Å². The van der Waals surface area contributed by atoms with Gasteiger partial charge in [0.15, 0.2) is 5.78 Å². The SMILES string of the molecule is O=C(CO)CCSCc1ccccc1. The van der Waals surface area contributed by atoms with Crippen LogP contribution in [0, 0.1) is 0 Å². The van der Waals surface area contributed by atoms with Crippen molar-refractivity contribution in [2.75, 3.05) is 12.4 Å². The predicted molar refractivity (Wildman–Crippen MR) is 59.3 cm³/mol. The molecule has 0 amide bonds. The number of ketones is 1. The number of thioether (sulfide) groups is 1. The van der Waals surface area contributed by atoms with Gasteiger partial charge in [0.05, 0.1) is 0 Å². The van der Waals surface area contributed by atoms with E-state index in [4.69, 9.17) is 5.11 Å². The molecule has 1 rings (SSSR count). The monoisotopic (exact) mass is 210 g/mol. The Labute approximate surface area is 88.3 Å². The van der Waals surface area contributed by atoms with Gasteiger partial charge in [0, 0.05) is 17.9 Å². The van der Waals surface area contributed by atoms with Gasteiger partial charge in [0.2, 0.25) is 0 Å². The first-order valence-corrected chi connectivity index (χ1v) is 5.72. The lowest BCUT2D eigenvalue weighted by Crippen LogP contribution is -2.04. The Morgan fingerprint density at radius 3 is 2.64 bits per heavy atom. The fourth-order valence-corrected chi connectivity index (χ4v) is 1.97. The summed E-state index contributed by atoms with van der Waals surface area (Å²) in [6.07, 6.45) is 0.466. The highest BCUT2D eigenvalue weighted by Crippen LogP contribution is 2.12. The quantitative estimate of drug-likeness (QED) is 0.728. The summed E-state index contributed by atoms with van der Waals surface area (Å²) in [4.78, 5) is 10.8. The minimum Gasteiger partial charge on any atom is -0.389 e. The van der Waals surface area contributed by atoms with Gasteiger partial charge in [-0.2, -0.15) is 11.8 Å². The van der Waals surface area contributed by atoms with Crippen molar-refractivity contribution in [1.82, 2.24) is 0 Å². The second-order valence-corrected chi connectivity index (χ2v) is 4.09. The normalized spacial score (nSPS) is 10.1. The Balaban J connectivity index is 2.13. The van der Waals surface area contributed by atoms with Crippen molar-refractivity contribution in [1.29, 1.82) is 0 Å². The topological polar surface area (TPSA) is 37.3 Å². The van der Waals surface area contributed by atoms with E-state index in [1.807, 2.05) is 18.2 Å². The molecule has 1 aromatic carbocycles. The van der Waals surface area contributed by atoms with Gasteiger partial charge < -0.3 is 5.11 Å². The minimum atomic E-state index is -0.327. The summed E-state index contributed by atoms with van der Waals surface area (Å²) in [7, 11) is 0. The number of hydrogen-bond acceptors (Lipinski definition) is 3. The Kier molecular flexibility index (Phi) is 5.33. The maximum Gasteiger partial charge on any atom is 0.159 e. The second kappa shape index (κ2) is 6.62. The van der Waals surface area contributed by atoms with Crippen molar-refractivity contribution in [3.63, 3.8) is 0 Å². The number of benzene rings is 1. The highest BCUT2D eigenvalue weighted by Gasteiger charge is 1.99. The molecule has 0 unspecified atom stereocenters. The van der Waals surface area contributed by atoms with Crippen LogP contribution >= 0.6 is 11.8 Å². The Bertz CT molecular complexity index is 272. The molecule has 0 aliphatic rings. The lowest BCUT2D eigenvalue weighted by atomic mass is 10.2. The Hall–Kier alpha value is -0.800. The summed E-state index contributed by atoms with van der Waals surface area (Å²) >= 11 is 1.72. The lowest BCUT2D eigenvalue weighted by Gasteiger charge is -2.00. The molecule has 0 fully saturated rings. The summed E-state index contributed by atoms with van der Waals surface area (Å²) < 4.78 is 0. The van der Waals surface area contributed by atoms with Crippen molar-refractivity contribution < 1.29 is 9.90 Å². The standard InChI is InChI=1S/C11H14O2S/c12-8-11(13)6-7-14-9-10-4-2-1-3-5-10/h1-5,12H,6-9H2. The second-order valence-electron chi connectivity index (χ2n) is 2.98. The largest absolute Gasteiger partial charge is 0.389 e. The van der Waals surface area contributed by atoms with Gasteiger partial charge in [-0.3, -0.25) is 4.79 Å². The molecule has 0 atom stereocenters. The van der Waals surface area contributed by atoms with E-state index in [0.717, 1.165) is 11.5 Å². The van der Waals surface area contributed by atoms with Crippen molar-refractivity contribution in [3.8, 4) is 0 Å². The van der Waals surface area contributed by atoms with Crippen LogP contribution in [0.3, 0.4) is 0 Å². The van der Waals surface area contributed by atoms with Crippen LogP contribution in [0.4, 0.5) is 0 Å². The first-order chi connectivity index (χ1) is 6.83. The average molecular weight is 210 g/mol. The van der Waals surface area contributed by atoms with Crippen molar-refractivity contribution in [3.05, 3.63) is 35.9 Å². The molecule has 2 nitrogen and oxygen atoms in total. The van der Waals surface area contributed by atoms with Crippen LogP contribution in [0.1, 0.15) is 12.0 Å². The molecule has 0 spiro atoms. The molecular weight excluding hydrogens is 196 g/mol. The molecule has 0 heterocycles. The van der Waals surface area contributed by atoms with Crippen molar-refractivity contribution in [2.24, 2.45) is 0 Å². The zero-order valence-electron chi connectivity index (χ0n) is 7.98. The molecule has 0 aromatic heterocycles. The van der Waals surface area contributed by atoms with Gasteiger partial charge in [-0.25, -0.2) is 0 Å². The molecule has 0 aliphatic heterocycles. The van der Waals surface area contributed by atoms with Crippen LogP contribution in [-0.4, -0.2) is 23.2 Å². The van der Waals surface area contributed by atoms with Crippen LogP contribution in [0.2, 0.25) is 0 Å². The molecule has 0 saturated carbocycles. The van der Waals surface area contributed by atoms with E-state index >= 15 is 0 Å². The van der Waals surface area contributed by atoms with E-state index in [0.29, 0.717) is 6.42 Å². The first kappa shape index (κ1) is 11.3. The number of hydrogen-bond donors (Lipinski definition) is 1. The van der Waals surface area contributed by atoms with Crippen molar-refractivity contribution in [2.45, 2.75) is 12.2 Å². The van der Waals surface area contributed by atoms with Crippen LogP contribution in [0.5, 0.6) is 0 Å². The van der Waals surface area contributed by atoms with Gasteiger partial charge in [0.25, 0.3) is 0 Å². The van der Waals surface area contributed by atoms with Crippen LogP contribution in [0.15, 0.2) is 30.3 Å². The molecule has 1 aromatic rings. The summed E-state index contributed by atoms with van der Waals surface area (Å²) in [5, 5.41) is 8.49. The van der Waals surface area contributed by atoms with Gasteiger partial charge in [-0.1, -0.05) is 30.3 Å². The number of aliphatic hydroxyl groups is 1. The summed E-state index contributed by atoms with van der Waals surface area (Å²) in [6, 6.07) is 10.1. The van der Waals surface area contributed by atoms with Gasteiger partial charge in [-0.15, -0.1) is 0 Å². The third kappa shape index (κ3) is 4.44. The van der Waals surface area contributed by atoms with Crippen LogP contribution in [0.25, 0.3) is 0 Å². The highest BCUT2D eigenvalue weighted by molar-refractivity contribution is 7.98. The fraction of sp³-hybridized carbons (Fsp3) is 0.364. The van der Waals surface area contributed by atoms with Crippen molar-refractivity contribution >= 4 is 17.5 Å². The molecule has 0 aliphatic carbocycles. The number of Topliss-reactive ketones (excluding diaryl/α,β-unsaturated/α-hetero) is 1. The van der Waals surface area contributed by atoms with Gasteiger partial charge >= 0.3 is 0 Å². The molecule has 0 radical (unpaired) electrons. The van der Waals surface area contributed by atoms with E-state index < -0.39 is 0 Å². The molecule has 3 heteroatoms. The van der Waals surface area contributed by atoms with E-state index in [1.165, 1.54) is 5.56 Å². The lowest BCUT2D eigenvalue weighted by molar-refractivity contribution is -0.121. The molecule has 0 bridgehead atoms. The fourth-order valence-electron chi connectivity index (χ4n) is 1.03. The summed E-state index contributed by atoms with van der Waals surface area (Å²) in [5.41, 5.74) is 1.27. The van der Waals surface area contributed by atoms with Crippen LogP contribution < -0.4 is 0 Å². The predicted octanol–water partition coefficient (Wildman–Crippen LogP) is 1.87. The van der Waals surface area contributed by atoms with E-state index in [9.17, 15) is 4.79 Å². The van der Waals surface area contributed by atoms with E-state index in [2.05, 4.69) is 12.1 Å². The Morgan fingerprint density at radius 2 is 2.00 bits per heavy atom. The summed E-state index contributed by atoms with van der Waals surface area (Å²) in [5.74, 6) is 1.64. The maximum atomic E-state index is 10.8. The number of aliphatic hydroxyl groups excluding tert-OH is 1. The molecule has 76 valence electrons. The molecular formula is C11H14O2S. The third-order valence-electron chi connectivity index (χ3n) is 1.81. The van der Waals surface area contributed by atoms with Gasteiger partial charge in [-0.05, 0) is 5.56 Å². The number of carbonyl (C=O) groups is 1.